The molecule has 0 radical (unpaired) electrons. The van der Waals surface area contributed by atoms with E-state index in [1.165, 1.54) is 12.1 Å². The number of anilines is 1. The fraction of sp³-hybridized carbons (Fsp3) is 0.333. The highest BCUT2D eigenvalue weighted by Crippen LogP contribution is 2.11. The van der Waals surface area contributed by atoms with Crippen molar-refractivity contribution in [3.8, 4) is 6.07 Å². The van der Waals surface area contributed by atoms with Crippen LogP contribution in [0, 0.1) is 17.1 Å². The van der Waals surface area contributed by atoms with E-state index < -0.39 is 5.82 Å². The lowest BCUT2D eigenvalue weighted by molar-refractivity contribution is -0.117. The maximum absolute atomic E-state index is 13.2. The zero-order valence-electron chi connectivity index (χ0n) is 9.61. The number of nitrogens with one attached hydrogen (secondary N) is 1. The molecule has 17 heavy (non-hydrogen) atoms. The van der Waals surface area contributed by atoms with E-state index in [4.69, 9.17) is 5.26 Å². The second-order valence-corrected chi connectivity index (χ2v) is 3.49. The molecule has 4 nitrogen and oxygen atoms in total. The number of nitriles is 1. The minimum absolute atomic E-state index is 0.0817. The van der Waals surface area contributed by atoms with Gasteiger partial charge in [0.2, 0.25) is 5.91 Å². The molecule has 1 amide bonds. The molecule has 5 heteroatoms. The predicted octanol–water partition coefficient (Wildman–Crippen LogP) is 1.61. The second-order valence-electron chi connectivity index (χ2n) is 3.49. The highest BCUT2D eigenvalue weighted by atomic mass is 19.1. The molecule has 0 fully saturated rings. The van der Waals surface area contributed by atoms with E-state index in [0.717, 1.165) is 0 Å². The van der Waals surface area contributed by atoms with Gasteiger partial charge in [0.25, 0.3) is 0 Å². The zero-order valence-corrected chi connectivity index (χ0v) is 9.61. The number of carbonyl (C=O) groups excluding carboxylic acids is 1. The summed E-state index contributed by atoms with van der Waals surface area (Å²) in [5.41, 5.74) is 0.158. The first kappa shape index (κ1) is 13.1. The summed E-state index contributed by atoms with van der Waals surface area (Å²) >= 11 is 0. The Morgan fingerprint density at radius 1 is 1.53 bits per heavy atom. The number of hydrogen-bond donors (Lipinski definition) is 1. The van der Waals surface area contributed by atoms with E-state index in [1.54, 1.807) is 17.0 Å². The number of halogens is 1. The van der Waals surface area contributed by atoms with Crippen LogP contribution < -0.4 is 5.32 Å². The van der Waals surface area contributed by atoms with Crippen molar-refractivity contribution in [2.24, 2.45) is 0 Å². The molecular weight excluding hydrogens is 221 g/mol. The molecule has 0 aliphatic carbocycles. The molecule has 0 saturated carbocycles. The molecule has 1 N–H and O–H groups in total. The summed E-state index contributed by atoms with van der Waals surface area (Å²) in [4.78, 5) is 13.2. The predicted molar refractivity (Wildman–Crippen MR) is 62.8 cm³/mol. The largest absolute Gasteiger partial charge is 0.322 e. The third-order valence-corrected chi connectivity index (χ3v) is 2.26. The quantitative estimate of drug-likeness (QED) is 0.789. The lowest BCUT2D eigenvalue weighted by Crippen LogP contribution is -2.33. The monoisotopic (exact) mass is 235 g/mol. The summed E-state index contributed by atoms with van der Waals surface area (Å²) in [7, 11) is 0. The molecule has 1 rings (SSSR count). The van der Waals surface area contributed by atoms with Gasteiger partial charge in [0.1, 0.15) is 5.82 Å². The molecule has 0 aromatic heterocycles. The third-order valence-electron chi connectivity index (χ3n) is 2.26. The SMILES string of the molecule is CCN(CC#N)CC(=O)Nc1ccccc1F. The number of carbonyl (C=O) groups is 1. The fourth-order valence-electron chi connectivity index (χ4n) is 1.33. The lowest BCUT2D eigenvalue weighted by Gasteiger charge is -2.16. The van der Waals surface area contributed by atoms with Gasteiger partial charge >= 0.3 is 0 Å². The van der Waals surface area contributed by atoms with E-state index in [1.807, 2.05) is 13.0 Å². The van der Waals surface area contributed by atoms with Crippen LogP contribution in [0.3, 0.4) is 0 Å². The van der Waals surface area contributed by atoms with Gasteiger partial charge < -0.3 is 5.32 Å². The Balaban J connectivity index is 2.56. The van der Waals surface area contributed by atoms with Gasteiger partial charge in [-0.2, -0.15) is 5.26 Å². The topological polar surface area (TPSA) is 56.1 Å². The number of nitrogens with zero attached hydrogens (tertiary/aromatic N) is 2. The molecule has 0 bridgehead atoms. The molecule has 90 valence electrons. The Morgan fingerprint density at radius 3 is 2.82 bits per heavy atom. The normalized spacial score (nSPS) is 10.0. The molecular formula is C12H14FN3O. The molecule has 1 aromatic rings. The van der Waals surface area contributed by atoms with Crippen molar-refractivity contribution >= 4 is 11.6 Å². The van der Waals surface area contributed by atoms with Gasteiger partial charge in [0, 0.05) is 0 Å². The Hall–Kier alpha value is -1.93. The summed E-state index contributed by atoms with van der Waals surface area (Å²) in [6.07, 6.45) is 0. The molecule has 0 unspecified atom stereocenters. The zero-order chi connectivity index (χ0) is 12.7. The molecule has 0 aliphatic heterocycles. The van der Waals surface area contributed by atoms with Crippen molar-refractivity contribution in [3.63, 3.8) is 0 Å². The number of hydrogen-bond acceptors (Lipinski definition) is 3. The highest BCUT2D eigenvalue weighted by Gasteiger charge is 2.10. The van der Waals surface area contributed by atoms with Gasteiger partial charge in [0.05, 0.1) is 24.8 Å². The van der Waals surface area contributed by atoms with Crippen LogP contribution in [-0.4, -0.2) is 30.4 Å². The van der Waals surface area contributed by atoms with E-state index >= 15 is 0 Å². The Bertz CT molecular complexity index is 428. The van der Waals surface area contributed by atoms with Gasteiger partial charge in [-0.25, -0.2) is 4.39 Å². The van der Waals surface area contributed by atoms with Crippen molar-refractivity contribution in [2.45, 2.75) is 6.92 Å². The highest BCUT2D eigenvalue weighted by molar-refractivity contribution is 5.92. The van der Waals surface area contributed by atoms with Gasteiger partial charge in [-0.15, -0.1) is 0 Å². The summed E-state index contributed by atoms with van der Waals surface area (Å²) in [6, 6.07) is 7.94. The molecule has 1 aromatic carbocycles. The minimum Gasteiger partial charge on any atom is -0.322 e. The molecule has 0 aliphatic rings. The Labute approximate surface area is 99.7 Å². The van der Waals surface area contributed by atoms with Crippen LogP contribution in [-0.2, 0) is 4.79 Å². The second kappa shape index (κ2) is 6.61. The average molecular weight is 235 g/mol. The average Bonchev–Trinajstić information content (AvgIpc) is 2.31. The number of rotatable bonds is 5. The van der Waals surface area contributed by atoms with E-state index in [9.17, 15) is 9.18 Å². The van der Waals surface area contributed by atoms with Crippen LogP contribution in [0.15, 0.2) is 24.3 Å². The fourth-order valence-corrected chi connectivity index (χ4v) is 1.33. The van der Waals surface area contributed by atoms with Crippen LogP contribution in [0.4, 0.5) is 10.1 Å². The first-order valence-corrected chi connectivity index (χ1v) is 5.31. The third kappa shape index (κ3) is 4.21. The Morgan fingerprint density at radius 2 is 2.24 bits per heavy atom. The van der Waals surface area contributed by atoms with E-state index in [2.05, 4.69) is 5.32 Å². The van der Waals surface area contributed by atoms with Crippen molar-refractivity contribution in [1.29, 1.82) is 5.26 Å². The van der Waals surface area contributed by atoms with Gasteiger partial charge in [0.15, 0.2) is 0 Å². The van der Waals surface area contributed by atoms with Gasteiger partial charge in [-0.05, 0) is 18.7 Å². The van der Waals surface area contributed by atoms with Crippen LogP contribution in [0.1, 0.15) is 6.92 Å². The van der Waals surface area contributed by atoms with Crippen molar-refractivity contribution in [2.75, 3.05) is 25.0 Å². The maximum Gasteiger partial charge on any atom is 0.238 e. The number of para-hydroxylation sites is 1. The lowest BCUT2D eigenvalue weighted by atomic mass is 10.3. The molecule has 0 atom stereocenters. The van der Waals surface area contributed by atoms with Crippen LogP contribution >= 0.6 is 0 Å². The van der Waals surface area contributed by atoms with Crippen molar-refractivity contribution in [1.82, 2.24) is 4.90 Å². The maximum atomic E-state index is 13.2. The van der Waals surface area contributed by atoms with Crippen LogP contribution in [0.2, 0.25) is 0 Å². The van der Waals surface area contributed by atoms with Crippen LogP contribution in [0.25, 0.3) is 0 Å². The van der Waals surface area contributed by atoms with Gasteiger partial charge in [-0.1, -0.05) is 19.1 Å². The smallest absolute Gasteiger partial charge is 0.238 e. The summed E-state index contributed by atoms with van der Waals surface area (Å²) in [6.45, 7) is 2.71. The number of amides is 1. The van der Waals surface area contributed by atoms with Gasteiger partial charge in [-0.3, -0.25) is 9.69 Å². The summed E-state index contributed by atoms with van der Waals surface area (Å²) < 4.78 is 13.2. The van der Waals surface area contributed by atoms with Crippen molar-refractivity contribution in [3.05, 3.63) is 30.1 Å². The van der Waals surface area contributed by atoms with Crippen LogP contribution in [0.5, 0.6) is 0 Å². The minimum atomic E-state index is -0.468. The number of likely N-dealkylation sites (N-methyl/N-ethyl adjacent to an activating group) is 1. The first-order chi connectivity index (χ1) is 8.17. The molecule has 0 saturated heterocycles. The number of benzene rings is 1. The Kier molecular flexibility index (Phi) is 5.11. The molecule has 0 heterocycles. The summed E-state index contributed by atoms with van der Waals surface area (Å²) in [5, 5.41) is 11.0. The van der Waals surface area contributed by atoms with Crippen molar-refractivity contribution < 1.29 is 9.18 Å². The standard InChI is InChI=1S/C12H14FN3O/c1-2-16(8-7-14)9-12(17)15-11-6-4-3-5-10(11)13/h3-6H,2,8-9H2,1H3,(H,15,17). The van der Waals surface area contributed by atoms with E-state index in [-0.39, 0.29) is 24.7 Å². The van der Waals surface area contributed by atoms with E-state index in [0.29, 0.717) is 6.54 Å². The summed E-state index contributed by atoms with van der Waals surface area (Å²) in [5.74, 6) is -0.795. The first-order valence-electron chi connectivity index (χ1n) is 5.31. The molecule has 0 spiro atoms.